The molecule has 0 saturated heterocycles. The van der Waals surface area contributed by atoms with Crippen LogP contribution in [0.2, 0.25) is 0 Å². The van der Waals surface area contributed by atoms with Crippen molar-refractivity contribution in [1.29, 1.82) is 0 Å². The molecule has 0 saturated carbocycles. The van der Waals surface area contributed by atoms with E-state index in [1.54, 1.807) is 0 Å². The van der Waals surface area contributed by atoms with Gasteiger partial charge in [-0.2, -0.15) is 0 Å². The van der Waals surface area contributed by atoms with E-state index in [0.29, 0.717) is 0 Å². The number of unbranched alkanes of at least 4 members (excludes halogenated alkanes) is 2. The maximum absolute atomic E-state index is 8.52. The lowest BCUT2D eigenvalue weighted by atomic mass is 10.2. The second kappa shape index (κ2) is 6.78. The molecule has 3 N–H and O–H groups in total. The summed E-state index contributed by atoms with van der Waals surface area (Å²) in [5.41, 5.74) is 5.42. The molecule has 0 rings (SSSR count). The smallest absolute Gasteiger partial charge is 0.0618 e. The van der Waals surface area contributed by atoms with Gasteiger partial charge < -0.3 is 10.8 Å². The highest BCUT2D eigenvalue weighted by atomic mass is 16.3. The molecular formula is C8H17NO. The predicted octanol–water partition coefficient (Wildman–Crippen LogP) is 1.05. The minimum Gasteiger partial charge on any atom is -0.394 e. The van der Waals surface area contributed by atoms with Crippen LogP contribution >= 0.6 is 0 Å². The molecule has 0 aromatic heterocycles. The van der Waals surface area contributed by atoms with E-state index in [4.69, 9.17) is 10.8 Å². The van der Waals surface area contributed by atoms with Crippen molar-refractivity contribution >= 4 is 0 Å². The Hall–Kier alpha value is -0.340. The third kappa shape index (κ3) is 5.79. The van der Waals surface area contributed by atoms with Gasteiger partial charge in [-0.1, -0.05) is 31.9 Å². The van der Waals surface area contributed by atoms with E-state index in [2.05, 4.69) is 6.92 Å². The first-order valence-electron chi connectivity index (χ1n) is 3.84. The van der Waals surface area contributed by atoms with Crippen LogP contribution in [-0.2, 0) is 0 Å². The van der Waals surface area contributed by atoms with Crippen molar-refractivity contribution in [2.45, 2.75) is 32.2 Å². The fourth-order valence-electron chi connectivity index (χ4n) is 0.654. The van der Waals surface area contributed by atoms with Crippen molar-refractivity contribution in [3.8, 4) is 0 Å². The zero-order valence-corrected chi connectivity index (χ0v) is 6.59. The second-order valence-electron chi connectivity index (χ2n) is 2.42. The van der Waals surface area contributed by atoms with E-state index >= 15 is 0 Å². The topological polar surface area (TPSA) is 46.2 Å². The fourth-order valence-corrected chi connectivity index (χ4v) is 0.654. The molecule has 0 heterocycles. The van der Waals surface area contributed by atoms with Crippen LogP contribution in [0.1, 0.15) is 26.2 Å². The van der Waals surface area contributed by atoms with Crippen molar-refractivity contribution in [1.82, 2.24) is 0 Å². The summed E-state index contributed by atoms with van der Waals surface area (Å²) in [6.45, 7) is 2.20. The summed E-state index contributed by atoms with van der Waals surface area (Å²) in [4.78, 5) is 0. The average molecular weight is 143 g/mol. The van der Waals surface area contributed by atoms with Gasteiger partial charge in [-0.25, -0.2) is 0 Å². The van der Waals surface area contributed by atoms with Gasteiger partial charge in [0.15, 0.2) is 0 Å². The van der Waals surface area contributed by atoms with E-state index in [0.717, 1.165) is 6.42 Å². The van der Waals surface area contributed by atoms with Crippen LogP contribution < -0.4 is 5.73 Å². The Morgan fingerprint density at radius 3 is 2.80 bits per heavy atom. The van der Waals surface area contributed by atoms with Gasteiger partial charge in [0.2, 0.25) is 0 Å². The summed E-state index contributed by atoms with van der Waals surface area (Å²) in [7, 11) is 0. The average Bonchev–Trinajstić information content (AvgIpc) is 1.98. The molecule has 0 aromatic carbocycles. The minimum atomic E-state index is -0.170. The predicted molar refractivity (Wildman–Crippen MR) is 43.7 cm³/mol. The quantitative estimate of drug-likeness (QED) is 0.446. The number of aliphatic hydroxyl groups is 1. The largest absolute Gasteiger partial charge is 0.394 e. The number of hydrogen-bond donors (Lipinski definition) is 2. The molecule has 2 nitrogen and oxygen atoms in total. The fraction of sp³-hybridized carbons (Fsp3) is 0.750. The van der Waals surface area contributed by atoms with Gasteiger partial charge in [-0.05, 0) is 6.42 Å². The summed E-state index contributed by atoms with van der Waals surface area (Å²) in [5, 5.41) is 8.52. The van der Waals surface area contributed by atoms with E-state index in [9.17, 15) is 0 Å². The Labute approximate surface area is 62.7 Å². The molecule has 2 heteroatoms. The first kappa shape index (κ1) is 9.66. The van der Waals surface area contributed by atoms with Crippen molar-refractivity contribution in [3.63, 3.8) is 0 Å². The lowest BCUT2D eigenvalue weighted by Crippen LogP contribution is -2.20. The van der Waals surface area contributed by atoms with E-state index in [1.807, 2.05) is 12.2 Å². The van der Waals surface area contributed by atoms with Gasteiger partial charge in [0, 0.05) is 6.04 Å². The monoisotopic (exact) mass is 143 g/mol. The molecule has 10 heavy (non-hydrogen) atoms. The van der Waals surface area contributed by atoms with Crippen molar-refractivity contribution in [3.05, 3.63) is 12.2 Å². The zero-order valence-electron chi connectivity index (χ0n) is 6.59. The van der Waals surface area contributed by atoms with E-state index in [-0.39, 0.29) is 12.6 Å². The van der Waals surface area contributed by atoms with E-state index < -0.39 is 0 Å². The summed E-state index contributed by atoms with van der Waals surface area (Å²) in [6, 6.07) is -0.170. The first-order chi connectivity index (χ1) is 4.81. The summed E-state index contributed by atoms with van der Waals surface area (Å²) in [6.07, 6.45) is 7.37. The van der Waals surface area contributed by atoms with Crippen molar-refractivity contribution in [2.75, 3.05) is 6.61 Å². The Kier molecular flexibility index (Phi) is 6.55. The van der Waals surface area contributed by atoms with Crippen molar-refractivity contribution < 1.29 is 5.11 Å². The highest BCUT2D eigenvalue weighted by Gasteiger charge is 1.89. The van der Waals surface area contributed by atoms with Crippen LogP contribution in [0.25, 0.3) is 0 Å². The highest BCUT2D eigenvalue weighted by molar-refractivity contribution is 4.90. The Balaban J connectivity index is 3.18. The third-order valence-electron chi connectivity index (χ3n) is 1.32. The molecule has 1 unspecified atom stereocenters. The maximum Gasteiger partial charge on any atom is 0.0618 e. The lowest BCUT2D eigenvalue weighted by molar-refractivity contribution is 0.284. The standard InChI is InChI=1S/C8H17NO/c1-2-3-4-5-6-8(9)7-10/h5-6,8,10H,2-4,7,9H2,1H3/b6-5+. The lowest BCUT2D eigenvalue weighted by Gasteiger charge is -1.98. The third-order valence-corrected chi connectivity index (χ3v) is 1.32. The number of aliphatic hydroxyl groups excluding tert-OH is 1. The number of hydrogen-bond acceptors (Lipinski definition) is 2. The number of rotatable bonds is 5. The molecule has 0 bridgehead atoms. The van der Waals surface area contributed by atoms with Gasteiger partial charge >= 0.3 is 0 Å². The van der Waals surface area contributed by atoms with Crippen LogP contribution in [-0.4, -0.2) is 17.8 Å². The molecular weight excluding hydrogens is 126 g/mol. The maximum atomic E-state index is 8.52. The van der Waals surface area contributed by atoms with Gasteiger partial charge in [0.05, 0.1) is 6.61 Å². The summed E-state index contributed by atoms with van der Waals surface area (Å²) < 4.78 is 0. The molecule has 0 radical (unpaired) electrons. The molecule has 0 fully saturated rings. The molecule has 0 spiro atoms. The molecule has 60 valence electrons. The summed E-state index contributed by atoms with van der Waals surface area (Å²) >= 11 is 0. The van der Waals surface area contributed by atoms with Crippen LogP contribution in [0.3, 0.4) is 0 Å². The normalized spacial score (nSPS) is 14.3. The van der Waals surface area contributed by atoms with Gasteiger partial charge in [-0.15, -0.1) is 0 Å². The molecule has 1 atom stereocenters. The Bertz CT molecular complexity index is 91.3. The Morgan fingerprint density at radius 1 is 1.60 bits per heavy atom. The highest BCUT2D eigenvalue weighted by Crippen LogP contribution is 1.95. The Morgan fingerprint density at radius 2 is 2.30 bits per heavy atom. The zero-order chi connectivity index (χ0) is 7.82. The second-order valence-corrected chi connectivity index (χ2v) is 2.42. The molecule has 0 aliphatic carbocycles. The van der Waals surface area contributed by atoms with Gasteiger partial charge in [-0.3, -0.25) is 0 Å². The van der Waals surface area contributed by atoms with Crippen molar-refractivity contribution in [2.24, 2.45) is 5.73 Å². The van der Waals surface area contributed by atoms with Crippen LogP contribution in [0, 0.1) is 0 Å². The van der Waals surface area contributed by atoms with E-state index in [1.165, 1.54) is 12.8 Å². The summed E-state index contributed by atoms with van der Waals surface area (Å²) in [5.74, 6) is 0. The molecule has 0 aliphatic rings. The SMILES string of the molecule is CCCC/C=C/C(N)CO. The molecule has 0 amide bonds. The van der Waals surface area contributed by atoms with Crippen LogP contribution in [0.5, 0.6) is 0 Å². The number of allylic oxidation sites excluding steroid dienone is 1. The first-order valence-corrected chi connectivity index (χ1v) is 3.84. The van der Waals surface area contributed by atoms with Crippen LogP contribution in [0.15, 0.2) is 12.2 Å². The van der Waals surface area contributed by atoms with Gasteiger partial charge in [0.1, 0.15) is 0 Å². The molecule has 0 aromatic rings. The molecule has 0 aliphatic heterocycles. The number of nitrogens with two attached hydrogens (primary N) is 1. The minimum absolute atomic E-state index is 0.0443. The van der Waals surface area contributed by atoms with Gasteiger partial charge in [0.25, 0.3) is 0 Å². The van der Waals surface area contributed by atoms with Crippen LogP contribution in [0.4, 0.5) is 0 Å².